The Bertz CT molecular complexity index is 375. The number of hydrogen-bond acceptors (Lipinski definition) is 1. The zero-order valence-electron chi connectivity index (χ0n) is 8.95. The van der Waals surface area contributed by atoms with Crippen molar-refractivity contribution in [3.63, 3.8) is 0 Å². The molecule has 0 saturated heterocycles. The molecular weight excluding hydrogens is 172 g/mol. The predicted octanol–water partition coefficient (Wildman–Crippen LogP) is 3.21. The highest BCUT2D eigenvalue weighted by Crippen LogP contribution is 2.64. The van der Waals surface area contributed by atoms with E-state index in [4.69, 9.17) is 4.74 Å². The van der Waals surface area contributed by atoms with Gasteiger partial charge in [-0.15, -0.1) is 0 Å². The van der Waals surface area contributed by atoms with Crippen molar-refractivity contribution in [1.82, 2.24) is 0 Å². The Morgan fingerprint density at radius 1 is 1.14 bits per heavy atom. The molecule has 0 spiro atoms. The molecule has 14 heavy (non-hydrogen) atoms. The van der Waals surface area contributed by atoms with Crippen LogP contribution in [0.1, 0.15) is 32.3 Å². The minimum Gasteiger partial charge on any atom is -0.489 e. The smallest absolute Gasteiger partial charge is 0.123 e. The maximum atomic E-state index is 5.92. The van der Waals surface area contributed by atoms with Gasteiger partial charge in [0.2, 0.25) is 0 Å². The molecule has 1 aromatic rings. The molecule has 3 atom stereocenters. The van der Waals surface area contributed by atoms with E-state index in [1.54, 1.807) is 0 Å². The Hall–Kier alpha value is -0.980. The molecule has 3 unspecified atom stereocenters. The molecule has 0 bridgehead atoms. The van der Waals surface area contributed by atoms with Crippen molar-refractivity contribution in [2.24, 2.45) is 11.3 Å². The molecule has 1 aliphatic heterocycles. The molecule has 0 amide bonds. The standard InChI is InChI=1S/C13H16O/c1-13(2,3)11-10-8-6-4-5-7-9(8)14-12(10)11/h4-7,10-12H,1-3H3. The minimum absolute atomic E-state index is 0.378. The average Bonchev–Trinajstić information content (AvgIpc) is 2.71. The van der Waals surface area contributed by atoms with Crippen LogP contribution in [0, 0.1) is 11.3 Å². The van der Waals surface area contributed by atoms with Gasteiger partial charge in [-0.2, -0.15) is 0 Å². The Morgan fingerprint density at radius 2 is 1.86 bits per heavy atom. The Labute approximate surface area is 85.1 Å². The molecule has 2 aliphatic rings. The maximum Gasteiger partial charge on any atom is 0.123 e. The maximum absolute atomic E-state index is 5.92. The van der Waals surface area contributed by atoms with E-state index in [1.807, 2.05) is 0 Å². The molecule has 0 aromatic heterocycles. The van der Waals surface area contributed by atoms with Gasteiger partial charge in [0.15, 0.2) is 0 Å². The van der Waals surface area contributed by atoms with Crippen LogP contribution in [0.25, 0.3) is 0 Å². The summed E-state index contributed by atoms with van der Waals surface area (Å²) in [6.07, 6.45) is 0.465. The van der Waals surface area contributed by atoms with Crippen molar-refractivity contribution >= 4 is 0 Å². The predicted molar refractivity (Wildman–Crippen MR) is 56.5 cm³/mol. The summed E-state index contributed by atoms with van der Waals surface area (Å²) in [5.74, 6) is 2.51. The number of fused-ring (bicyclic) bond motifs is 3. The van der Waals surface area contributed by atoms with Crippen LogP contribution in [0.5, 0.6) is 5.75 Å². The lowest BCUT2D eigenvalue weighted by atomic mass is 9.87. The molecule has 1 aliphatic carbocycles. The van der Waals surface area contributed by atoms with Gasteiger partial charge in [-0.05, 0) is 11.5 Å². The molecule has 1 aromatic carbocycles. The van der Waals surface area contributed by atoms with Crippen molar-refractivity contribution < 1.29 is 4.74 Å². The van der Waals surface area contributed by atoms with Crippen molar-refractivity contribution in [3.05, 3.63) is 29.8 Å². The van der Waals surface area contributed by atoms with E-state index in [9.17, 15) is 0 Å². The van der Waals surface area contributed by atoms with Gasteiger partial charge in [0.05, 0.1) is 0 Å². The van der Waals surface area contributed by atoms with Gasteiger partial charge in [0, 0.05) is 17.4 Å². The molecule has 0 radical (unpaired) electrons. The van der Waals surface area contributed by atoms with Gasteiger partial charge in [-0.1, -0.05) is 39.0 Å². The van der Waals surface area contributed by atoms with Crippen LogP contribution in [0.4, 0.5) is 0 Å². The summed E-state index contributed by atoms with van der Waals surface area (Å²) in [5.41, 5.74) is 1.81. The minimum atomic E-state index is 0.378. The number of rotatable bonds is 0. The number of para-hydroxylation sites is 1. The first kappa shape index (κ1) is 8.34. The third kappa shape index (κ3) is 0.956. The summed E-state index contributed by atoms with van der Waals surface area (Å²) >= 11 is 0. The second-order valence-corrected chi connectivity index (χ2v) is 5.54. The molecule has 1 fully saturated rings. The average molecular weight is 188 g/mol. The van der Waals surface area contributed by atoms with Gasteiger partial charge in [-0.25, -0.2) is 0 Å². The summed E-state index contributed by atoms with van der Waals surface area (Å²) in [6.45, 7) is 6.92. The van der Waals surface area contributed by atoms with E-state index in [0.717, 1.165) is 11.7 Å². The van der Waals surface area contributed by atoms with Crippen LogP contribution < -0.4 is 4.74 Å². The largest absolute Gasteiger partial charge is 0.489 e. The van der Waals surface area contributed by atoms with Crippen molar-refractivity contribution in [2.75, 3.05) is 0 Å². The highest BCUT2D eigenvalue weighted by Gasteiger charge is 2.62. The van der Waals surface area contributed by atoms with E-state index in [2.05, 4.69) is 45.0 Å². The van der Waals surface area contributed by atoms with E-state index in [0.29, 0.717) is 17.4 Å². The Morgan fingerprint density at radius 3 is 2.57 bits per heavy atom. The molecule has 1 heteroatoms. The zero-order valence-corrected chi connectivity index (χ0v) is 8.95. The third-order valence-electron chi connectivity index (χ3n) is 3.50. The summed E-state index contributed by atoms with van der Waals surface area (Å²) in [7, 11) is 0. The lowest BCUT2D eigenvalue weighted by molar-refractivity contribution is 0.230. The highest BCUT2D eigenvalue weighted by atomic mass is 16.5. The Balaban J connectivity index is 1.95. The molecule has 1 saturated carbocycles. The lowest BCUT2D eigenvalue weighted by Crippen LogP contribution is -2.15. The summed E-state index contributed by atoms with van der Waals surface area (Å²) < 4.78 is 5.92. The van der Waals surface area contributed by atoms with Gasteiger partial charge >= 0.3 is 0 Å². The van der Waals surface area contributed by atoms with E-state index in [-0.39, 0.29) is 0 Å². The summed E-state index contributed by atoms with van der Waals surface area (Å²) in [5, 5.41) is 0. The van der Waals surface area contributed by atoms with Crippen LogP contribution in [0.2, 0.25) is 0 Å². The molecule has 0 N–H and O–H groups in total. The van der Waals surface area contributed by atoms with Gasteiger partial charge in [0.1, 0.15) is 11.9 Å². The fourth-order valence-corrected chi connectivity index (χ4v) is 2.84. The van der Waals surface area contributed by atoms with Crippen LogP contribution >= 0.6 is 0 Å². The summed E-state index contributed by atoms with van der Waals surface area (Å²) in [4.78, 5) is 0. The van der Waals surface area contributed by atoms with Gasteiger partial charge in [-0.3, -0.25) is 0 Å². The highest BCUT2D eigenvalue weighted by molar-refractivity contribution is 5.47. The number of benzene rings is 1. The van der Waals surface area contributed by atoms with Crippen LogP contribution in [-0.4, -0.2) is 6.10 Å². The van der Waals surface area contributed by atoms with E-state index < -0.39 is 0 Å². The molecule has 3 rings (SSSR count). The topological polar surface area (TPSA) is 9.23 Å². The van der Waals surface area contributed by atoms with Crippen molar-refractivity contribution in [1.29, 1.82) is 0 Å². The third-order valence-corrected chi connectivity index (χ3v) is 3.50. The van der Waals surface area contributed by atoms with Crippen LogP contribution in [0.3, 0.4) is 0 Å². The normalized spacial score (nSPS) is 33.2. The zero-order chi connectivity index (χ0) is 9.92. The van der Waals surface area contributed by atoms with E-state index >= 15 is 0 Å². The van der Waals surface area contributed by atoms with Crippen molar-refractivity contribution in [3.8, 4) is 5.75 Å². The summed E-state index contributed by atoms with van der Waals surface area (Å²) in [6, 6.07) is 8.46. The fraction of sp³-hybridized carbons (Fsp3) is 0.538. The number of hydrogen-bond donors (Lipinski definition) is 0. The van der Waals surface area contributed by atoms with E-state index in [1.165, 1.54) is 5.56 Å². The molecule has 1 heterocycles. The Kier molecular flexibility index (Phi) is 1.39. The first-order valence-electron chi connectivity index (χ1n) is 5.34. The lowest BCUT2D eigenvalue weighted by Gasteiger charge is -2.20. The van der Waals surface area contributed by atoms with Gasteiger partial charge < -0.3 is 4.74 Å². The monoisotopic (exact) mass is 188 g/mol. The second kappa shape index (κ2) is 2.33. The second-order valence-electron chi connectivity index (χ2n) is 5.54. The van der Waals surface area contributed by atoms with Crippen molar-refractivity contribution in [2.45, 2.75) is 32.8 Å². The van der Waals surface area contributed by atoms with Gasteiger partial charge in [0.25, 0.3) is 0 Å². The SMILES string of the molecule is CC(C)(C)C1C2Oc3ccccc3C21. The molecular formula is C13H16O. The first-order valence-corrected chi connectivity index (χ1v) is 5.34. The van der Waals surface area contributed by atoms with Crippen LogP contribution in [-0.2, 0) is 0 Å². The molecule has 74 valence electrons. The van der Waals surface area contributed by atoms with Crippen LogP contribution in [0.15, 0.2) is 24.3 Å². The first-order chi connectivity index (χ1) is 6.59. The quantitative estimate of drug-likeness (QED) is 0.607. The number of ether oxygens (including phenoxy) is 1. The molecule has 1 nitrogen and oxygen atoms in total. The fourth-order valence-electron chi connectivity index (χ4n) is 2.84.